The maximum Gasteiger partial charge on any atom is 0.119 e. The van der Waals surface area contributed by atoms with Crippen molar-refractivity contribution in [2.24, 2.45) is 5.41 Å². The van der Waals surface area contributed by atoms with Crippen molar-refractivity contribution >= 4 is 11.8 Å². The van der Waals surface area contributed by atoms with E-state index in [0.717, 1.165) is 18.8 Å². The number of thioether (sulfide) groups is 1. The molecular formula is C18H28OS. The highest BCUT2D eigenvalue weighted by molar-refractivity contribution is 7.99. The van der Waals surface area contributed by atoms with Crippen LogP contribution in [0.2, 0.25) is 0 Å². The van der Waals surface area contributed by atoms with Gasteiger partial charge in [0.25, 0.3) is 0 Å². The second kappa shape index (κ2) is 7.40. The van der Waals surface area contributed by atoms with Crippen molar-refractivity contribution in [3.8, 4) is 5.75 Å². The van der Waals surface area contributed by atoms with Crippen molar-refractivity contribution < 1.29 is 4.74 Å². The van der Waals surface area contributed by atoms with E-state index >= 15 is 0 Å². The van der Waals surface area contributed by atoms with Crippen molar-refractivity contribution in [2.45, 2.75) is 57.6 Å². The summed E-state index contributed by atoms with van der Waals surface area (Å²) in [6.07, 6.45) is 10.1. The Morgan fingerprint density at radius 2 is 1.80 bits per heavy atom. The minimum Gasteiger partial charge on any atom is -0.493 e. The minimum atomic E-state index is 0.393. The molecule has 1 nitrogen and oxygen atoms in total. The monoisotopic (exact) mass is 292 g/mol. The smallest absolute Gasteiger partial charge is 0.119 e. The number of hydrogen-bond donors (Lipinski definition) is 0. The lowest BCUT2D eigenvalue weighted by Gasteiger charge is -2.33. The van der Waals surface area contributed by atoms with Crippen LogP contribution in [0.5, 0.6) is 5.75 Å². The zero-order valence-electron chi connectivity index (χ0n) is 13.2. The Kier molecular flexibility index (Phi) is 5.83. The number of rotatable bonds is 6. The standard InChI is InChI=1S/C18H28OS/c1-15(20-3)13-16-7-9-17(10-8-16)19-14-18(2)11-5-4-6-12-18/h7-10,15H,4-6,11-14H2,1-3H3. The lowest BCUT2D eigenvalue weighted by molar-refractivity contribution is 0.116. The van der Waals surface area contributed by atoms with Crippen LogP contribution in [0.1, 0.15) is 51.5 Å². The molecule has 1 aliphatic carbocycles. The summed E-state index contributed by atoms with van der Waals surface area (Å²) in [6, 6.07) is 8.69. The summed E-state index contributed by atoms with van der Waals surface area (Å²) >= 11 is 1.92. The molecule has 1 saturated carbocycles. The molecule has 20 heavy (non-hydrogen) atoms. The molecule has 0 radical (unpaired) electrons. The van der Waals surface area contributed by atoms with E-state index < -0.39 is 0 Å². The molecule has 1 unspecified atom stereocenters. The van der Waals surface area contributed by atoms with E-state index in [1.165, 1.54) is 37.7 Å². The largest absolute Gasteiger partial charge is 0.493 e. The van der Waals surface area contributed by atoms with Gasteiger partial charge >= 0.3 is 0 Å². The predicted octanol–water partition coefficient (Wildman–Crippen LogP) is 5.33. The van der Waals surface area contributed by atoms with Crippen molar-refractivity contribution in [3.63, 3.8) is 0 Å². The molecule has 0 amide bonds. The van der Waals surface area contributed by atoms with E-state index in [9.17, 15) is 0 Å². The van der Waals surface area contributed by atoms with E-state index in [0.29, 0.717) is 10.7 Å². The molecule has 0 heterocycles. The van der Waals surface area contributed by atoms with Crippen LogP contribution in [0.25, 0.3) is 0 Å². The highest BCUT2D eigenvalue weighted by atomic mass is 32.2. The Bertz CT molecular complexity index is 392. The Morgan fingerprint density at radius 1 is 1.15 bits per heavy atom. The fraction of sp³-hybridized carbons (Fsp3) is 0.667. The summed E-state index contributed by atoms with van der Waals surface area (Å²) < 4.78 is 6.03. The van der Waals surface area contributed by atoms with Crippen LogP contribution in [-0.4, -0.2) is 18.1 Å². The zero-order chi connectivity index (χ0) is 14.4. The van der Waals surface area contributed by atoms with Gasteiger partial charge in [0, 0.05) is 10.7 Å². The molecule has 0 saturated heterocycles. The molecule has 0 spiro atoms. The topological polar surface area (TPSA) is 9.23 Å². The van der Waals surface area contributed by atoms with E-state index in [4.69, 9.17) is 4.74 Å². The summed E-state index contributed by atoms with van der Waals surface area (Å²) in [5, 5.41) is 0.683. The van der Waals surface area contributed by atoms with E-state index in [-0.39, 0.29) is 0 Å². The first kappa shape index (κ1) is 15.8. The summed E-state index contributed by atoms with van der Waals surface area (Å²) in [7, 11) is 0. The lowest BCUT2D eigenvalue weighted by atomic mass is 9.76. The second-order valence-electron chi connectivity index (χ2n) is 6.55. The van der Waals surface area contributed by atoms with Gasteiger partial charge in [-0.05, 0) is 43.2 Å². The first-order valence-electron chi connectivity index (χ1n) is 7.86. The van der Waals surface area contributed by atoms with Gasteiger partial charge in [-0.2, -0.15) is 11.8 Å². The molecule has 2 rings (SSSR count). The average molecular weight is 292 g/mol. The van der Waals surface area contributed by atoms with E-state index in [1.54, 1.807) is 0 Å². The fourth-order valence-corrected chi connectivity index (χ4v) is 3.30. The van der Waals surface area contributed by atoms with Gasteiger partial charge in [0.2, 0.25) is 0 Å². The van der Waals surface area contributed by atoms with Gasteiger partial charge in [-0.1, -0.05) is 45.2 Å². The van der Waals surface area contributed by atoms with Crippen LogP contribution >= 0.6 is 11.8 Å². The summed E-state index contributed by atoms with van der Waals surface area (Å²) in [4.78, 5) is 0. The maximum atomic E-state index is 6.03. The lowest BCUT2D eigenvalue weighted by Crippen LogP contribution is -2.27. The van der Waals surface area contributed by atoms with Crippen LogP contribution in [0.15, 0.2) is 24.3 Å². The molecule has 0 aromatic heterocycles. The SMILES string of the molecule is CSC(C)Cc1ccc(OCC2(C)CCCCC2)cc1. The summed E-state index contributed by atoms with van der Waals surface area (Å²) in [5.74, 6) is 1.03. The highest BCUT2D eigenvalue weighted by Crippen LogP contribution is 2.36. The number of benzene rings is 1. The Hall–Kier alpha value is -0.630. The van der Waals surface area contributed by atoms with Gasteiger partial charge < -0.3 is 4.74 Å². The average Bonchev–Trinajstić information content (AvgIpc) is 2.47. The van der Waals surface area contributed by atoms with Crippen LogP contribution in [-0.2, 0) is 6.42 Å². The Labute approximate surface area is 128 Å². The highest BCUT2D eigenvalue weighted by Gasteiger charge is 2.27. The predicted molar refractivity (Wildman–Crippen MR) is 89.8 cm³/mol. The molecule has 0 N–H and O–H groups in total. The van der Waals surface area contributed by atoms with Crippen LogP contribution in [0, 0.1) is 5.41 Å². The molecule has 0 bridgehead atoms. The van der Waals surface area contributed by atoms with Gasteiger partial charge in [-0.25, -0.2) is 0 Å². The minimum absolute atomic E-state index is 0.393. The summed E-state index contributed by atoms with van der Waals surface area (Å²) in [5.41, 5.74) is 1.80. The first-order valence-corrected chi connectivity index (χ1v) is 9.15. The molecule has 1 fully saturated rings. The third-order valence-electron chi connectivity index (χ3n) is 4.50. The van der Waals surface area contributed by atoms with Gasteiger partial charge in [-0.3, -0.25) is 0 Å². The number of ether oxygens (including phenoxy) is 1. The summed E-state index contributed by atoms with van der Waals surface area (Å²) in [6.45, 7) is 5.52. The van der Waals surface area contributed by atoms with E-state index in [2.05, 4.69) is 44.4 Å². The van der Waals surface area contributed by atoms with Crippen molar-refractivity contribution in [1.29, 1.82) is 0 Å². The zero-order valence-corrected chi connectivity index (χ0v) is 14.0. The van der Waals surface area contributed by atoms with Gasteiger partial charge in [0.1, 0.15) is 5.75 Å². The van der Waals surface area contributed by atoms with E-state index in [1.807, 2.05) is 11.8 Å². The van der Waals surface area contributed by atoms with Crippen LogP contribution in [0.3, 0.4) is 0 Å². The fourth-order valence-electron chi connectivity index (χ4n) is 2.94. The first-order chi connectivity index (χ1) is 9.61. The van der Waals surface area contributed by atoms with Gasteiger partial charge in [-0.15, -0.1) is 0 Å². The molecule has 1 aliphatic rings. The van der Waals surface area contributed by atoms with Crippen molar-refractivity contribution in [3.05, 3.63) is 29.8 Å². The third kappa shape index (κ3) is 4.73. The number of hydrogen-bond acceptors (Lipinski definition) is 2. The molecule has 112 valence electrons. The molecule has 1 atom stereocenters. The molecule has 2 heteroatoms. The van der Waals surface area contributed by atoms with Crippen molar-refractivity contribution in [2.75, 3.05) is 12.9 Å². The van der Waals surface area contributed by atoms with Gasteiger partial charge in [0.15, 0.2) is 0 Å². The second-order valence-corrected chi connectivity index (χ2v) is 7.83. The normalized spacial score (nSPS) is 19.6. The third-order valence-corrected chi connectivity index (χ3v) is 5.47. The van der Waals surface area contributed by atoms with Crippen LogP contribution < -0.4 is 4.74 Å². The van der Waals surface area contributed by atoms with Gasteiger partial charge in [0.05, 0.1) is 6.61 Å². The van der Waals surface area contributed by atoms with Crippen molar-refractivity contribution in [1.82, 2.24) is 0 Å². The molecular weight excluding hydrogens is 264 g/mol. The Balaban J connectivity index is 1.84. The van der Waals surface area contributed by atoms with Crippen LogP contribution in [0.4, 0.5) is 0 Å². The Morgan fingerprint density at radius 3 is 2.40 bits per heavy atom. The maximum absolute atomic E-state index is 6.03. The quantitative estimate of drug-likeness (QED) is 0.701. The molecule has 1 aromatic carbocycles. The molecule has 0 aliphatic heterocycles. The molecule has 1 aromatic rings.